The largest absolute Gasteiger partial charge is 0.477 e. The first-order chi connectivity index (χ1) is 9.24. The van der Waals surface area contributed by atoms with Crippen LogP contribution in [0.3, 0.4) is 0 Å². The van der Waals surface area contributed by atoms with E-state index in [0.29, 0.717) is 25.0 Å². The minimum atomic E-state index is -1.04. The van der Waals surface area contributed by atoms with E-state index in [2.05, 4.69) is 5.10 Å². The highest BCUT2D eigenvalue weighted by Gasteiger charge is 2.26. The van der Waals surface area contributed by atoms with Gasteiger partial charge in [0, 0.05) is 12.7 Å². The van der Waals surface area contributed by atoms with Crippen LogP contribution in [0.25, 0.3) is 0 Å². The van der Waals surface area contributed by atoms with Crippen molar-refractivity contribution >= 4 is 5.97 Å². The van der Waals surface area contributed by atoms with Gasteiger partial charge in [0.1, 0.15) is 0 Å². The number of aromatic carboxylic acids is 1. The highest BCUT2D eigenvalue weighted by Crippen LogP contribution is 2.31. The lowest BCUT2D eigenvalue weighted by atomic mass is 10.2. The number of carboxylic acid groups (broad SMARTS) is 1. The van der Waals surface area contributed by atoms with Crippen LogP contribution in [0.5, 0.6) is 5.88 Å². The molecule has 0 amide bonds. The maximum atomic E-state index is 11.0. The van der Waals surface area contributed by atoms with E-state index in [9.17, 15) is 4.79 Å². The second-order valence-corrected chi connectivity index (χ2v) is 5.19. The molecule has 1 N–H and O–H groups in total. The van der Waals surface area contributed by atoms with E-state index in [-0.39, 0.29) is 11.9 Å². The van der Waals surface area contributed by atoms with Crippen molar-refractivity contribution in [2.45, 2.75) is 38.3 Å². The Morgan fingerprint density at radius 1 is 1.47 bits per heavy atom. The summed E-state index contributed by atoms with van der Waals surface area (Å²) in [7, 11) is 0. The van der Waals surface area contributed by atoms with Gasteiger partial charge in [-0.3, -0.25) is 0 Å². The smallest absolute Gasteiger partial charge is 0.356 e. The molecule has 0 aromatic carbocycles. The molecule has 6 heteroatoms. The number of hydrogen-bond donors (Lipinski definition) is 1. The van der Waals surface area contributed by atoms with Crippen LogP contribution in [0.15, 0.2) is 6.07 Å². The predicted molar refractivity (Wildman–Crippen MR) is 66.2 cm³/mol. The normalized spacial score (nSPS) is 23.3. The molecule has 1 saturated carbocycles. The molecule has 1 aliphatic heterocycles. The van der Waals surface area contributed by atoms with Gasteiger partial charge in [0.15, 0.2) is 11.9 Å². The quantitative estimate of drug-likeness (QED) is 0.883. The number of ether oxygens (including phenoxy) is 2. The van der Waals surface area contributed by atoms with Gasteiger partial charge < -0.3 is 14.6 Å². The zero-order valence-corrected chi connectivity index (χ0v) is 10.7. The molecule has 1 unspecified atom stereocenters. The number of rotatable bonds is 5. The molecule has 0 spiro atoms. The van der Waals surface area contributed by atoms with E-state index in [1.165, 1.54) is 18.9 Å². The van der Waals surface area contributed by atoms with Crippen molar-refractivity contribution < 1.29 is 19.4 Å². The molecule has 1 atom stereocenters. The van der Waals surface area contributed by atoms with Gasteiger partial charge in [-0.25, -0.2) is 9.48 Å². The van der Waals surface area contributed by atoms with Gasteiger partial charge in [-0.2, -0.15) is 5.10 Å². The van der Waals surface area contributed by atoms with E-state index in [4.69, 9.17) is 14.6 Å². The van der Waals surface area contributed by atoms with Crippen LogP contribution >= 0.6 is 0 Å². The van der Waals surface area contributed by atoms with Crippen LogP contribution in [-0.4, -0.2) is 34.1 Å². The summed E-state index contributed by atoms with van der Waals surface area (Å²) < 4.78 is 12.9. The highest BCUT2D eigenvalue weighted by atomic mass is 16.5. The van der Waals surface area contributed by atoms with Crippen LogP contribution in [0.2, 0.25) is 0 Å². The minimum Gasteiger partial charge on any atom is -0.477 e. The van der Waals surface area contributed by atoms with Crippen molar-refractivity contribution in [1.82, 2.24) is 9.78 Å². The van der Waals surface area contributed by atoms with Crippen molar-refractivity contribution in [3.8, 4) is 5.88 Å². The van der Waals surface area contributed by atoms with E-state index in [0.717, 1.165) is 19.3 Å². The Balaban J connectivity index is 1.78. The van der Waals surface area contributed by atoms with Crippen LogP contribution in [0.1, 0.15) is 48.8 Å². The van der Waals surface area contributed by atoms with Gasteiger partial charge >= 0.3 is 5.97 Å². The lowest BCUT2D eigenvalue weighted by Gasteiger charge is -2.24. The molecule has 6 nitrogen and oxygen atoms in total. The van der Waals surface area contributed by atoms with Crippen LogP contribution < -0.4 is 4.74 Å². The van der Waals surface area contributed by atoms with Gasteiger partial charge in [0.25, 0.3) is 0 Å². The zero-order chi connectivity index (χ0) is 13.2. The van der Waals surface area contributed by atoms with Crippen LogP contribution in [-0.2, 0) is 4.74 Å². The Labute approximate surface area is 111 Å². The Hall–Kier alpha value is -1.56. The fourth-order valence-electron chi connectivity index (χ4n) is 2.20. The van der Waals surface area contributed by atoms with Gasteiger partial charge in [0.2, 0.25) is 5.88 Å². The average Bonchev–Trinajstić information content (AvgIpc) is 3.15. The van der Waals surface area contributed by atoms with E-state index in [1.807, 2.05) is 0 Å². The maximum Gasteiger partial charge on any atom is 0.356 e. The number of aromatic nitrogens is 2. The molecule has 3 rings (SSSR count). The zero-order valence-electron chi connectivity index (χ0n) is 10.7. The molecule has 1 aromatic heterocycles. The molecule has 1 aromatic rings. The van der Waals surface area contributed by atoms with Crippen molar-refractivity contribution in [2.24, 2.45) is 5.92 Å². The Kier molecular flexibility index (Phi) is 3.42. The number of nitrogens with zero attached hydrogens (tertiary/aromatic N) is 2. The first kappa shape index (κ1) is 12.5. The lowest BCUT2D eigenvalue weighted by molar-refractivity contribution is -0.0442. The summed E-state index contributed by atoms with van der Waals surface area (Å²) >= 11 is 0. The van der Waals surface area contributed by atoms with Crippen LogP contribution in [0, 0.1) is 5.92 Å². The third-order valence-electron chi connectivity index (χ3n) is 3.51. The van der Waals surface area contributed by atoms with Crippen LogP contribution in [0.4, 0.5) is 0 Å². The maximum absolute atomic E-state index is 11.0. The summed E-state index contributed by atoms with van der Waals surface area (Å²) in [6, 6.07) is 1.49. The Morgan fingerprint density at radius 3 is 2.95 bits per heavy atom. The Morgan fingerprint density at radius 2 is 2.32 bits per heavy atom. The van der Waals surface area contributed by atoms with Gasteiger partial charge in [-0.1, -0.05) is 0 Å². The van der Waals surface area contributed by atoms with Gasteiger partial charge in [-0.15, -0.1) is 0 Å². The average molecular weight is 266 g/mol. The molecule has 0 bridgehead atoms. The summed E-state index contributed by atoms with van der Waals surface area (Å²) in [6.07, 6.45) is 5.15. The summed E-state index contributed by atoms with van der Waals surface area (Å²) in [5.74, 6) is 0.0888. The predicted octanol–water partition coefficient (Wildman–Crippen LogP) is 2.07. The fourth-order valence-corrected chi connectivity index (χ4v) is 2.20. The SMILES string of the molecule is O=C(O)c1cc(OCC2CC2)n(C2CCCCO2)n1. The number of carbonyl (C=O) groups is 1. The second-order valence-electron chi connectivity index (χ2n) is 5.19. The molecular formula is C13H18N2O4. The molecule has 2 aliphatic rings. The summed E-state index contributed by atoms with van der Waals surface area (Å²) in [4.78, 5) is 11.0. The second kappa shape index (κ2) is 5.21. The van der Waals surface area contributed by atoms with Crippen molar-refractivity contribution in [1.29, 1.82) is 0 Å². The standard InChI is InChI=1S/C13H18N2O4/c16-13(17)10-7-12(19-8-9-4-5-9)15(14-10)11-3-1-2-6-18-11/h7,9,11H,1-6,8H2,(H,16,17). The molecular weight excluding hydrogens is 248 g/mol. The first-order valence-electron chi connectivity index (χ1n) is 6.81. The van der Waals surface area contributed by atoms with Crippen molar-refractivity contribution in [3.63, 3.8) is 0 Å². The number of carboxylic acids is 1. The summed E-state index contributed by atoms with van der Waals surface area (Å²) in [5.41, 5.74) is 0.0139. The minimum absolute atomic E-state index is 0.0139. The Bertz CT molecular complexity index is 461. The number of hydrogen-bond acceptors (Lipinski definition) is 4. The third kappa shape index (κ3) is 2.89. The first-order valence-corrected chi connectivity index (χ1v) is 6.81. The highest BCUT2D eigenvalue weighted by molar-refractivity contribution is 5.85. The molecule has 0 radical (unpaired) electrons. The molecule has 1 aliphatic carbocycles. The third-order valence-corrected chi connectivity index (χ3v) is 3.51. The topological polar surface area (TPSA) is 73.6 Å². The summed E-state index contributed by atoms with van der Waals surface area (Å²) in [6.45, 7) is 1.33. The van der Waals surface area contributed by atoms with E-state index < -0.39 is 5.97 Å². The monoisotopic (exact) mass is 266 g/mol. The molecule has 2 fully saturated rings. The van der Waals surface area contributed by atoms with E-state index in [1.54, 1.807) is 4.68 Å². The molecule has 104 valence electrons. The van der Waals surface area contributed by atoms with Gasteiger partial charge in [-0.05, 0) is 38.0 Å². The molecule has 1 saturated heterocycles. The summed E-state index contributed by atoms with van der Waals surface area (Å²) in [5, 5.41) is 13.1. The lowest BCUT2D eigenvalue weighted by Crippen LogP contribution is -2.20. The molecule has 2 heterocycles. The fraction of sp³-hybridized carbons (Fsp3) is 0.692. The van der Waals surface area contributed by atoms with E-state index >= 15 is 0 Å². The molecule has 19 heavy (non-hydrogen) atoms. The van der Waals surface area contributed by atoms with Crippen molar-refractivity contribution in [2.75, 3.05) is 13.2 Å². The van der Waals surface area contributed by atoms with Crippen molar-refractivity contribution in [3.05, 3.63) is 11.8 Å². The van der Waals surface area contributed by atoms with Gasteiger partial charge in [0.05, 0.1) is 6.61 Å².